The van der Waals surface area contributed by atoms with Crippen molar-refractivity contribution in [2.45, 2.75) is 46.3 Å². The van der Waals surface area contributed by atoms with Crippen LogP contribution in [0.4, 0.5) is 11.4 Å². The first-order valence-corrected chi connectivity index (χ1v) is 11.2. The van der Waals surface area contributed by atoms with Crippen LogP contribution in [0.1, 0.15) is 49.5 Å². The Hall–Kier alpha value is -2.86. The number of amides is 2. The van der Waals surface area contributed by atoms with Gasteiger partial charge in [0.1, 0.15) is 0 Å². The normalized spacial score (nSPS) is 16.0. The monoisotopic (exact) mass is 437 g/mol. The molecule has 1 N–H and O–H groups in total. The number of hydrogen-bond acceptors (Lipinski definition) is 4. The van der Waals surface area contributed by atoms with Crippen molar-refractivity contribution in [1.82, 2.24) is 4.90 Å². The van der Waals surface area contributed by atoms with Crippen LogP contribution in [-0.4, -0.2) is 50.1 Å². The summed E-state index contributed by atoms with van der Waals surface area (Å²) in [7, 11) is 4.02. The molecule has 0 bridgehead atoms. The number of nitrogens with one attached hydrogen (secondary N) is 1. The molecule has 1 heterocycles. The van der Waals surface area contributed by atoms with E-state index in [1.807, 2.05) is 51.9 Å². The highest BCUT2D eigenvalue weighted by molar-refractivity contribution is 5.98. The minimum absolute atomic E-state index is 0.0591. The van der Waals surface area contributed by atoms with Crippen LogP contribution in [0.2, 0.25) is 0 Å². The van der Waals surface area contributed by atoms with Gasteiger partial charge in [-0.1, -0.05) is 39.0 Å². The molecule has 6 heteroatoms. The number of ether oxygens (including phenoxy) is 1. The zero-order valence-corrected chi connectivity index (χ0v) is 19.9. The lowest BCUT2D eigenvalue weighted by molar-refractivity contribution is -0.123. The zero-order valence-electron chi connectivity index (χ0n) is 19.9. The van der Waals surface area contributed by atoms with Crippen LogP contribution in [-0.2, 0) is 16.1 Å². The van der Waals surface area contributed by atoms with Crippen LogP contribution < -0.4 is 10.2 Å². The van der Waals surface area contributed by atoms with E-state index >= 15 is 0 Å². The Kier molecular flexibility index (Phi) is 7.56. The topological polar surface area (TPSA) is 61.9 Å². The van der Waals surface area contributed by atoms with Gasteiger partial charge < -0.3 is 19.9 Å². The molecule has 1 aliphatic rings. The summed E-state index contributed by atoms with van der Waals surface area (Å²) in [5.74, 6) is -0.150. The fourth-order valence-corrected chi connectivity index (χ4v) is 3.60. The second-order valence-corrected chi connectivity index (χ2v) is 9.67. The Balaban J connectivity index is 1.80. The molecule has 0 aromatic heterocycles. The lowest BCUT2D eigenvalue weighted by Crippen LogP contribution is -2.37. The fraction of sp³-hybridized carbons (Fsp3) is 0.462. The van der Waals surface area contributed by atoms with E-state index in [2.05, 4.69) is 34.5 Å². The molecule has 0 saturated carbocycles. The quantitative estimate of drug-likeness (QED) is 0.690. The van der Waals surface area contributed by atoms with Crippen molar-refractivity contribution in [2.75, 3.05) is 37.5 Å². The number of carbonyl (C=O) groups excluding carboxylic acids is 2. The second-order valence-electron chi connectivity index (χ2n) is 9.67. The Morgan fingerprint density at radius 3 is 2.41 bits per heavy atom. The minimum Gasteiger partial charge on any atom is -0.378 e. The van der Waals surface area contributed by atoms with Crippen molar-refractivity contribution in [3.05, 3.63) is 59.7 Å². The van der Waals surface area contributed by atoms with E-state index in [9.17, 15) is 9.59 Å². The number of carbonyl (C=O) groups is 2. The third-order valence-corrected chi connectivity index (χ3v) is 5.61. The smallest absolute Gasteiger partial charge is 0.254 e. The molecule has 2 aromatic carbocycles. The summed E-state index contributed by atoms with van der Waals surface area (Å²) in [5.41, 5.74) is 2.86. The molecule has 1 fully saturated rings. The van der Waals surface area contributed by atoms with Crippen LogP contribution in [0.15, 0.2) is 48.5 Å². The van der Waals surface area contributed by atoms with Crippen LogP contribution >= 0.6 is 0 Å². The second kappa shape index (κ2) is 10.2. The van der Waals surface area contributed by atoms with Gasteiger partial charge in [0.2, 0.25) is 5.91 Å². The molecule has 1 saturated heterocycles. The number of anilines is 2. The molecule has 2 amide bonds. The van der Waals surface area contributed by atoms with E-state index in [0.717, 1.165) is 30.7 Å². The lowest BCUT2D eigenvalue weighted by atomic mass is 9.95. The number of nitrogens with zero attached hydrogens (tertiary/aromatic N) is 2. The third-order valence-electron chi connectivity index (χ3n) is 5.61. The maximum atomic E-state index is 13.5. The summed E-state index contributed by atoms with van der Waals surface area (Å²) in [6.07, 6.45) is 2.05. The summed E-state index contributed by atoms with van der Waals surface area (Å²) in [4.78, 5) is 29.8. The summed E-state index contributed by atoms with van der Waals surface area (Å²) in [6, 6.07) is 15.4. The lowest BCUT2D eigenvalue weighted by Gasteiger charge is -2.26. The van der Waals surface area contributed by atoms with Crippen LogP contribution in [0, 0.1) is 5.41 Å². The van der Waals surface area contributed by atoms with Crippen molar-refractivity contribution >= 4 is 23.2 Å². The molecule has 0 spiro atoms. The molecule has 2 aromatic rings. The van der Waals surface area contributed by atoms with E-state index in [0.29, 0.717) is 24.3 Å². The number of hydrogen-bond donors (Lipinski definition) is 1. The third kappa shape index (κ3) is 6.33. The van der Waals surface area contributed by atoms with Gasteiger partial charge in [-0.25, -0.2) is 0 Å². The summed E-state index contributed by atoms with van der Waals surface area (Å²) in [5, 5.41) is 2.92. The van der Waals surface area contributed by atoms with Crippen LogP contribution in [0.25, 0.3) is 0 Å². The predicted molar refractivity (Wildman–Crippen MR) is 129 cm³/mol. The highest BCUT2D eigenvalue weighted by Gasteiger charge is 2.25. The van der Waals surface area contributed by atoms with Gasteiger partial charge in [0.25, 0.3) is 5.91 Å². The minimum atomic E-state index is -0.509. The number of benzene rings is 2. The summed E-state index contributed by atoms with van der Waals surface area (Å²) in [6.45, 7) is 7.39. The molecule has 1 atom stereocenters. The molecular weight excluding hydrogens is 402 g/mol. The van der Waals surface area contributed by atoms with E-state index in [1.165, 1.54) is 0 Å². The van der Waals surface area contributed by atoms with Gasteiger partial charge in [0.15, 0.2) is 0 Å². The summed E-state index contributed by atoms with van der Waals surface area (Å²) >= 11 is 0. The fourth-order valence-electron chi connectivity index (χ4n) is 3.60. The molecule has 3 rings (SSSR count). The average Bonchev–Trinajstić information content (AvgIpc) is 3.26. The van der Waals surface area contributed by atoms with E-state index in [1.54, 1.807) is 12.1 Å². The van der Waals surface area contributed by atoms with Gasteiger partial charge in [-0.2, -0.15) is 0 Å². The van der Waals surface area contributed by atoms with E-state index in [4.69, 9.17) is 4.74 Å². The van der Waals surface area contributed by atoms with Crippen molar-refractivity contribution < 1.29 is 14.3 Å². The van der Waals surface area contributed by atoms with E-state index in [-0.39, 0.29) is 17.9 Å². The molecule has 1 aliphatic heterocycles. The molecular formula is C26H35N3O3. The molecule has 0 aliphatic carbocycles. The van der Waals surface area contributed by atoms with Gasteiger partial charge in [-0.05, 0) is 48.7 Å². The molecule has 32 heavy (non-hydrogen) atoms. The van der Waals surface area contributed by atoms with Crippen molar-refractivity contribution in [1.29, 1.82) is 0 Å². The van der Waals surface area contributed by atoms with Crippen molar-refractivity contribution in [3.63, 3.8) is 0 Å². The van der Waals surface area contributed by atoms with Crippen LogP contribution in [0.3, 0.4) is 0 Å². The maximum absolute atomic E-state index is 13.5. The van der Waals surface area contributed by atoms with Crippen molar-refractivity contribution in [3.8, 4) is 0 Å². The number of rotatable bonds is 7. The first-order valence-electron chi connectivity index (χ1n) is 11.2. The molecule has 6 nitrogen and oxygen atoms in total. The van der Waals surface area contributed by atoms with Gasteiger partial charge in [0.05, 0.1) is 6.10 Å². The van der Waals surface area contributed by atoms with Gasteiger partial charge in [0, 0.05) is 56.1 Å². The SMILES string of the molecule is CN(C)c1ccc(CN(CC2CCCO2)C(=O)c2cccc(NC(=O)C(C)(C)C)c2)cc1. The highest BCUT2D eigenvalue weighted by Crippen LogP contribution is 2.22. The Morgan fingerprint density at radius 1 is 1.09 bits per heavy atom. The predicted octanol–water partition coefficient (Wildman–Crippen LogP) is 4.56. The van der Waals surface area contributed by atoms with Crippen molar-refractivity contribution in [2.24, 2.45) is 5.41 Å². The van der Waals surface area contributed by atoms with Gasteiger partial charge in [-0.15, -0.1) is 0 Å². The molecule has 0 radical (unpaired) electrons. The highest BCUT2D eigenvalue weighted by atomic mass is 16.5. The zero-order chi connectivity index (χ0) is 23.3. The Morgan fingerprint density at radius 2 is 1.81 bits per heavy atom. The molecule has 1 unspecified atom stereocenters. The van der Waals surface area contributed by atoms with Gasteiger partial charge >= 0.3 is 0 Å². The van der Waals surface area contributed by atoms with Gasteiger partial charge in [-0.3, -0.25) is 9.59 Å². The maximum Gasteiger partial charge on any atom is 0.254 e. The largest absolute Gasteiger partial charge is 0.378 e. The average molecular weight is 438 g/mol. The van der Waals surface area contributed by atoms with Crippen LogP contribution in [0.5, 0.6) is 0 Å². The summed E-state index contributed by atoms with van der Waals surface area (Å²) < 4.78 is 5.81. The standard InChI is InChI=1S/C26H35N3O3/c1-26(2,3)25(31)27-21-9-6-8-20(16-21)24(30)29(18-23-10-7-15-32-23)17-19-11-13-22(14-12-19)28(4)5/h6,8-9,11-14,16,23H,7,10,15,17-18H2,1-5H3,(H,27,31). The van der Waals surface area contributed by atoms with E-state index < -0.39 is 5.41 Å². The Bertz CT molecular complexity index is 926. The molecule has 172 valence electrons. The first kappa shape index (κ1) is 23.8. The Labute approximate surface area is 191 Å². The first-order chi connectivity index (χ1) is 15.1.